The van der Waals surface area contributed by atoms with Gasteiger partial charge in [-0.05, 0) is 19.8 Å². The summed E-state index contributed by atoms with van der Waals surface area (Å²) in [5, 5.41) is 0. The molecule has 2 rings (SSSR count). The second-order valence-electron chi connectivity index (χ2n) is 3.41. The third-order valence-electron chi connectivity index (χ3n) is 2.53. The first-order chi connectivity index (χ1) is 6.38. The molecule has 2 heterocycles. The molecule has 1 aromatic rings. The number of aromatic nitrogens is 2. The summed E-state index contributed by atoms with van der Waals surface area (Å²) in [6, 6.07) is 0. The van der Waals surface area contributed by atoms with Gasteiger partial charge in [0.05, 0.1) is 11.4 Å². The predicted octanol–water partition coefficient (Wildman–Crippen LogP) is 1.68. The van der Waals surface area contributed by atoms with E-state index >= 15 is 0 Å². The molecular formula is C10H14N2O. The third kappa shape index (κ3) is 1.86. The van der Waals surface area contributed by atoms with Gasteiger partial charge in [-0.2, -0.15) is 0 Å². The number of aryl methyl sites for hydroxylation is 1. The maximum Gasteiger partial charge on any atom is 0.0648 e. The molecule has 0 saturated carbocycles. The Morgan fingerprint density at radius 2 is 1.92 bits per heavy atom. The van der Waals surface area contributed by atoms with Crippen molar-refractivity contribution in [2.75, 3.05) is 13.2 Å². The lowest BCUT2D eigenvalue weighted by molar-refractivity contribution is 0.0843. The summed E-state index contributed by atoms with van der Waals surface area (Å²) in [4.78, 5) is 8.63. The van der Waals surface area contributed by atoms with E-state index in [0.717, 1.165) is 37.4 Å². The lowest BCUT2D eigenvalue weighted by Crippen LogP contribution is -2.16. The molecule has 0 N–H and O–H groups in total. The summed E-state index contributed by atoms with van der Waals surface area (Å²) in [6.07, 6.45) is 5.69. The zero-order valence-electron chi connectivity index (χ0n) is 7.86. The fourth-order valence-corrected chi connectivity index (χ4v) is 1.79. The number of hydrogen-bond donors (Lipinski definition) is 0. The zero-order chi connectivity index (χ0) is 9.10. The van der Waals surface area contributed by atoms with E-state index < -0.39 is 0 Å². The van der Waals surface area contributed by atoms with Crippen molar-refractivity contribution in [2.24, 2.45) is 0 Å². The lowest BCUT2D eigenvalue weighted by atomic mass is 9.95. The highest BCUT2D eigenvalue weighted by Gasteiger charge is 2.18. The molecule has 1 saturated heterocycles. The molecule has 1 aromatic heterocycles. The number of rotatable bonds is 1. The first kappa shape index (κ1) is 8.63. The Morgan fingerprint density at radius 1 is 1.23 bits per heavy atom. The van der Waals surface area contributed by atoms with Crippen LogP contribution in [0.2, 0.25) is 0 Å². The van der Waals surface area contributed by atoms with Crippen molar-refractivity contribution in [2.45, 2.75) is 25.7 Å². The quantitative estimate of drug-likeness (QED) is 0.656. The van der Waals surface area contributed by atoms with Crippen LogP contribution in [0, 0.1) is 6.92 Å². The van der Waals surface area contributed by atoms with Crippen LogP contribution in [0.15, 0.2) is 12.4 Å². The van der Waals surface area contributed by atoms with E-state index in [1.165, 1.54) is 0 Å². The minimum absolute atomic E-state index is 0.558. The molecule has 0 unspecified atom stereocenters. The standard InChI is InChI=1S/C10H14N2O/c1-8-10(12-5-4-11-8)9-2-6-13-7-3-9/h4-5,9H,2-3,6-7H2,1H3. The van der Waals surface area contributed by atoms with Crippen molar-refractivity contribution in [3.63, 3.8) is 0 Å². The second kappa shape index (κ2) is 3.83. The third-order valence-corrected chi connectivity index (χ3v) is 2.53. The Labute approximate surface area is 78.2 Å². The first-order valence-electron chi connectivity index (χ1n) is 4.73. The van der Waals surface area contributed by atoms with Crippen LogP contribution in [0.3, 0.4) is 0 Å². The number of ether oxygens (including phenoxy) is 1. The van der Waals surface area contributed by atoms with Gasteiger partial charge in [-0.1, -0.05) is 0 Å². The minimum Gasteiger partial charge on any atom is -0.381 e. The van der Waals surface area contributed by atoms with Crippen LogP contribution in [0.25, 0.3) is 0 Å². The summed E-state index contributed by atoms with van der Waals surface area (Å²) in [5.41, 5.74) is 2.22. The van der Waals surface area contributed by atoms with E-state index in [9.17, 15) is 0 Å². The van der Waals surface area contributed by atoms with Gasteiger partial charge in [0.2, 0.25) is 0 Å². The Hall–Kier alpha value is -0.960. The summed E-state index contributed by atoms with van der Waals surface area (Å²) in [6.45, 7) is 3.75. The first-order valence-corrected chi connectivity index (χ1v) is 4.73. The van der Waals surface area contributed by atoms with Crippen LogP contribution in [-0.4, -0.2) is 23.2 Å². The fourth-order valence-electron chi connectivity index (χ4n) is 1.79. The molecule has 0 atom stereocenters. The Balaban J connectivity index is 2.18. The van der Waals surface area contributed by atoms with E-state index in [1.54, 1.807) is 12.4 Å². The smallest absolute Gasteiger partial charge is 0.0648 e. The minimum atomic E-state index is 0.558. The van der Waals surface area contributed by atoms with Crippen LogP contribution in [-0.2, 0) is 4.74 Å². The van der Waals surface area contributed by atoms with Gasteiger partial charge in [0.15, 0.2) is 0 Å². The highest BCUT2D eigenvalue weighted by atomic mass is 16.5. The monoisotopic (exact) mass is 178 g/mol. The summed E-state index contributed by atoms with van der Waals surface area (Å²) < 4.78 is 5.31. The SMILES string of the molecule is Cc1nccnc1C1CCOCC1. The average molecular weight is 178 g/mol. The van der Waals surface area contributed by atoms with Crippen LogP contribution in [0.1, 0.15) is 30.1 Å². The van der Waals surface area contributed by atoms with Crippen molar-refractivity contribution in [1.29, 1.82) is 0 Å². The van der Waals surface area contributed by atoms with Gasteiger partial charge >= 0.3 is 0 Å². The summed E-state index contributed by atoms with van der Waals surface area (Å²) >= 11 is 0. The Morgan fingerprint density at radius 3 is 2.62 bits per heavy atom. The second-order valence-corrected chi connectivity index (χ2v) is 3.41. The maximum absolute atomic E-state index is 5.31. The van der Waals surface area contributed by atoms with E-state index in [1.807, 2.05) is 6.92 Å². The molecule has 0 spiro atoms. The van der Waals surface area contributed by atoms with E-state index in [0.29, 0.717) is 5.92 Å². The van der Waals surface area contributed by atoms with Crippen molar-refractivity contribution in [3.8, 4) is 0 Å². The van der Waals surface area contributed by atoms with Gasteiger partial charge in [-0.3, -0.25) is 9.97 Å². The highest BCUT2D eigenvalue weighted by molar-refractivity contribution is 5.14. The van der Waals surface area contributed by atoms with Gasteiger partial charge in [0, 0.05) is 31.5 Å². The summed E-state index contributed by atoms with van der Waals surface area (Å²) in [7, 11) is 0. The molecule has 1 aliphatic rings. The highest BCUT2D eigenvalue weighted by Crippen LogP contribution is 2.26. The predicted molar refractivity (Wildman–Crippen MR) is 49.6 cm³/mol. The van der Waals surface area contributed by atoms with E-state index in [-0.39, 0.29) is 0 Å². The molecule has 0 amide bonds. The van der Waals surface area contributed by atoms with Crippen LogP contribution >= 0.6 is 0 Å². The maximum atomic E-state index is 5.31. The molecule has 3 nitrogen and oxygen atoms in total. The largest absolute Gasteiger partial charge is 0.381 e. The topological polar surface area (TPSA) is 35.0 Å². The number of nitrogens with zero attached hydrogens (tertiary/aromatic N) is 2. The molecule has 70 valence electrons. The van der Waals surface area contributed by atoms with Gasteiger partial charge in [0.25, 0.3) is 0 Å². The average Bonchev–Trinajstić information content (AvgIpc) is 2.20. The molecule has 0 radical (unpaired) electrons. The molecule has 3 heteroatoms. The normalized spacial score (nSPS) is 18.8. The molecule has 1 aliphatic heterocycles. The van der Waals surface area contributed by atoms with Crippen molar-refractivity contribution in [1.82, 2.24) is 9.97 Å². The molecular weight excluding hydrogens is 164 g/mol. The molecule has 0 bridgehead atoms. The van der Waals surface area contributed by atoms with Crippen molar-refractivity contribution < 1.29 is 4.74 Å². The molecule has 13 heavy (non-hydrogen) atoms. The van der Waals surface area contributed by atoms with Gasteiger partial charge in [-0.25, -0.2) is 0 Å². The van der Waals surface area contributed by atoms with Crippen molar-refractivity contribution >= 4 is 0 Å². The molecule has 0 aromatic carbocycles. The van der Waals surface area contributed by atoms with Crippen LogP contribution in [0.5, 0.6) is 0 Å². The molecule has 1 fully saturated rings. The van der Waals surface area contributed by atoms with Gasteiger partial charge in [-0.15, -0.1) is 0 Å². The van der Waals surface area contributed by atoms with Gasteiger partial charge in [0.1, 0.15) is 0 Å². The van der Waals surface area contributed by atoms with Crippen LogP contribution < -0.4 is 0 Å². The number of hydrogen-bond acceptors (Lipinski definition) is 3. The Kier molecular flexibility index (Phi) is 2.54. The summed E-state index contributed by atoms with van der Waals surface area (Å²) in [5.74, 6) is 0.558. The van der Waals surface area contributed by atoms with Crippen molar-refractivity contribution in [3.05, 3.63) is 23.8 Å². The molecule has 0 aliphatic carbocycles. The zero-order valence-corrected chi connectivity index (χ0v) is 7.86. The van der Waals surface area contributed by atoms with Crippen LogP contribution in [0.4, 0.5) is 0 Å². The van der Waals surface area contributed by atoms with E-state index in [4.69, 9.17) is 4.74 Å². The lowest BCUT2D eigenvalue weighted by Gasteiger charge is -2.22. The fraction of sp³-hybridized carbons (Fsp3) is 0.600. The van der Waals surface area contributed by atoms with Gasteiger partial charge < -0.3 is 4.74 Å². The van der Waals surface area contributed by atoms with E-state index in [2.05, 4.69) is 9.97 Å². The Bertz CT molecular complexity index is 282.